The summed E-state index contributed by atoms with van der Waals surface area (Å²) in [4.78, 5) is 0. The summed E-state index contributed by atoms with van der Waals surface area (Å²) in [6.45, 7) is 3.36. The molecule has 2 nitrogen and oxygen atoms in total. The molecule has 1 aromatic carbocycles. The molecule has 3 heteroatoms. The number of hydrogen-bond donors (Lipinski definition) is 1. The third-order valence-electron chi connectivity index (χ3n) is 1.88. The van der Waals surface area contributed by atoms with Crippen LogP contribution in [-0.4, -0.2) is 17.8 Å². The minimum absolute atomic E-state index is 0.217. The van der Waals surface area contributed by atoms with E-state index in [1.54, 1.807) is 26.0 Å². The van der Waals surface area contributed by atoms with Gasteiger partial charge in [0.15, 0.2) is 11.6 Å². The molecule has 1 N–H and O–H groups in total. The van der Waals surface area contributed by atoms with Crippen molar-refractivity contribution in [3.63, 3.8) is 0 Å². The Kier molecular flexibility index (Phi) is 3.11. The van der Waals surface area contributed by atoms with Crippen LogP contribution in [0.3, 0.4) is 0 Å². The second-order valence-electron chi connectivity index (χ2n) is 3.92. The van der Waals surface area contributed by atoms with E-state index < -0.39 is 11.4 Å². The van der Waals surface area contributed by atoms with E-state index in [-0.39, 0.29) is 5.75 Å². The minimum atomic E-state index is -0.860. The van der Waals surface area contributed by atoms with Gasteiger partial charge in [0.1, 0.15) is 0 Å². The zero-order valence-electron chi connectivity index (χ0n) is 8.67. The first-order valence-electron chi connectivity index (χ1n) is 4.48. The van der Waals surface area contributed by atoms with Crippen LogP contribution < -0.4 is 4.74 Å². The second kappa shape index (κ2) is 3.96. The van der Waals surface area contributed by atoms with Gasteiger partial charge in [0, 0.05) is 6.42 Å². The van der Waals surface area contributed by atoms with Gasteiger partial charge in [-0.25, -0.2) is 4.39 Å². The number of benzene rings is 1. The molecule has 0 heterocycles. The molecule has 0 aliphatic heterocycles. The summed E-state index contributed by atoms with van der Waals surface area (Å²) in [6, 6.07) is 4.70. The average molecular weight is 198 g/mol. The number of para-hydroxylation sites is 1. The van der Waals surface area contributed by atoms with Crippen LogP contribution in [0, 0.1) is 5.82 Å². The third kappa shape index (κ3) is 2.70. The molecule has 1 aromatic rings. The van der Waals surface area contributed by atoms with Gasteiger partial charge in [0.25, 0.3) is 0 Å². The highest BCUT2D eigenvalue weighted by Crippen LogP contribution is 2.25. The smallest absolute Gasteiger partial charge is 0.165 e. The van der Waals surface area contributed by atoms with Crippen LogP contribution in [0.2, 0.25) is 0 Å². The van der Waals surface area contributed by atoms with Gasteiger partial charge in [0.2, 0.25) is 0 Å². The molecule has 1 rings (SSSR count). The molecule has 0 spiro atoms. The lowest BCUT2D eigenvalue weighted by molar-refractivity contribution is 0.0801. The molecule has 14 heavy (non-hydrogen) atoms. The predicted molar refractivity (Wildman–Crippen MR) is 53.0 cm³/mol. The van der Waals surface area contributed by atoms with Crippen LogP contribution in [0.5, 0.6) is 5.75 Å². The molecule has 0 amide bonds. The summed E-state index contributed by atoms with van der Waals surface area (Å²) in [5, 5.41) is 9.60. The van der Waals surface area contributed by atoms with Gasteiger partial charge >= 0.3 is 0 Å². The number of rotatable bonds is 3. The Bertz CT molecular complexity index is 316. The Labute approximate surface area is 83.3 Å². The fraction of sp³-hybridized carbons (Fsp3) is 0.455. The Morgan fingerprint density at radius 3 is 2.57 bits per heavy atom. The zero-order chi connectivity index (χ0) is 10.8. The lowest BCUT2D eigenvalue weighted by atomic mass is 9.98. The van der Waals surface area contributed by atoms with Gasteiger partial charge in [0.05, 0.1) is 12.7 Å². The molecular formula is C11H15FO2. The molecule has 0 saturated heterocycles. The van der Waals surface area contributed by atoms with Crippen LogP contribution in [-0.2, 0) is 6.42 Å². The molecule has 0 radical (unpaired) electrons. The Morgan fingerprint density at radius 1 is 1.43 bits per heavy atom. The Morgan fingerprint density at radius 2 is 2.07 bits per heavy atom. The standard InChI is InChI=1S/C11H15FO2/c1-11(2,13)7-8-5-4-6-9(12)10(8)14-3/h4-6,13H,7H2,1-3H3. The molecule has 0 unspecified atom stereocenters. The fourth-order valence-electron chi connectivity index (χ4n) is 1.39. The molecule has 78 valence electrons. The highest BCUT2D eigenvalue weighted by Gasteiger charge is 2.18. The second-order valence-corrected chi connectivity index (χ2v) is 3.92. The van der Waals surface area contributed by atoms with Gasteiger partial charge in [-0.2, -0.15) is 0 Å². The SMILES string of the molecule is COc1c(F)cccc1CC(C)(C)O. The van der Waals surface area contributed by atoms with E-state index in [9.17, 15) is 9.50 Å². The minimum Gasteiger partial charge on any atom is -0.493 e. The summed E-state index contributed by atoms with van der Waals surface area (Å²) in [7, 11) is 1.42. The van der Waals surface area contributed by atoms with Crippen molar-refractivity contribution in [1.82, 2.24) is 0 Å². The number of aliphatic hydroxyl groups is 1. The lowest BCUT2D eigenvalue weighted by Gasteiger charge is -2.18. The number of ether oxygens (including phenoxy) is 1. The van der Waals surface area contributed by atoms with Crippen molar-refractivity contribution in [2.24, 2.45) is 0 Å². The van der Waals surface area contributed by atoms with Gasteiger partial charge in [-0.3, -0.25) is 0 Å². The van der Waals surface area contributed by atoms with Crippen LogP contribution in [0.25, 0.3) is 0 Å². The van der Waals surface area contributed by atoms with Crippen LogP contribution in [0.15, 0.2) is 18.2 Å². The maximum Gasteiger partial charge on any atom is 0.165 e. The maximum atomic E-state index is 13.2. The van der Waals surface area contributed by atoms with Crippen molar-refractivity contribution in [1.29, 1.82) is 0 Å². The van der Waals surface area contributed by atoms with E-state index in [0.717, 1.165) is 0 Å². The molecule has 0 aliphatic rings. The summed E-state index contributed by atoms with van der Waals surface area (Å²) in [5.74, 6) is -0.177. The molecule has 0 fully saturated rings. The maximum absolute atomic E-state index is 13.2. The van der Waals surface area contributed by atoms with Crippen molar-refractivity contribution in [3.05, 3.63) is 29.6 Å². The molecule has 0 atom stereocenters. The summed E-state index contributed by atoms with van der Waals surface area (Å²) < 4.78 is 18.2. The van der Waals surface area contributed by atoms with Crippen LogP contribution in [0.1, 0.15) is 19.4 Å². The van der Waals surface area contributed by atoms with Crippen molar-refractivity contribution in [2.75, 3.05) is 7.11 Å². The summed E-state index contributed by atoms with van der Waals surface area (Å²) >= 11 is 0. The van der Waals surface area contributed by atoms with Gasteiger partial charge in [-0.1, -0.05) is 12.1 Å². The number of halogens is 1. The van der Waals surface area contributed by atoms with Crippen molar-refractivity contribution in [2.45, 2.75) is 25.9 Å². The molecular weight excluding hydrogens is 183 g/mol. The van der Waals surface area contributed by atoms with E-state index in [0.29, 0.717) is 12.0 Å². The zero-order valence-corrected chi connectivity index (χ0v) is 8.67. The lowest BCUT2D eigenvalue weighted by Crippen LogP contribution is -2.22. The van der Waals surface area contributed by atoms with Crippen molar-refractivity contribution in [3.8, 4) is 5.75 Å². The van der Waals surface area contributed by atoms with Gasteiger partial charge < -0.3 is 9.84 Å². The van der Waals surface area contributed by atoms with Crippen LogP contribution >= 0.6 is 0 Å². The van der Waals surface area contributed by atoms with Crippen molar-refractivity contribution < 1.29 is 14.2 Å². The van der Waals surface area contributed by atoms with Gasteiger partial charge in [-0.05, 0) is 25.5 Å². The fourth-order valence-corrected chi connectivity index (χ4v) is 1.39. The van der Waals surface area contributed by atoms with Gasteiger partial charge in [-0.15, -0.1) is 0 Å². The topological polar surface area (TPSA) is 29.5 Å². The summed E-state index contributed by atoms with van der Waals surface area (Å²) in [5.41, 5.74) is -0.179. The first-order valence-corrected chi connectivity index (χ1v) is 4.48. The first kappa shape index (κ1) is 11.0. The number of hydrogen-bond acceptors (Lipinski definition) is 2. The highest BCUT2D eigenvalue weighted by atomic mass is 19.1. The Hall–Kier alpha value is -1.09. The third-order valence-corrected chi connectivity index (χ3v) is 1.88. The van der Waals surface area contributed by atoms with Crippen molar-refractivity contribution >= 4 is 0 Å². The molecule has 0 saturated carbocycles. The van der Waals surface area contributed by atoms with Crippen LogP contribution in [0.4, 0.5) is 4.39 Å². The number of methoxy groups -OCH3 is 1. The first-order chi connectivity index (χ1) is 6.44. The van der Waals surface area contributed by atoms with E-state index in [1.165, 1.54) is 13.2 Å². The predicted octanol–water partition coefficient (Wildman–Crippen LogP) is 2.15. The summed E-state index contributed by atoms with van der Waals surface area (Å²) in [6.07, 6.45) is 0.369. The van der Waals surface area contributed by atoms with E-state index in [1.807, 2.05) is 0 Å². The van der Waals surface area contributed by atoms with E-state index >= 15 is 0 Å². The van der Waals surface area contributed by atoms with E-state index in [2.05, 4.69) is 0 Å². The largest absolute Gasteiger partial charge is 0.493 e. The normalized spacial score (nSPS) is 11.5. The molecule has 0 bridgehead atoms. The Balaban J connectivity index is 3.02. The average Bonchev–Trinajstić information content (AvgIpc) is 2.01. The monoisotopic (exact) mass is 198 g/mol. The van der Waals surface area contributed by atoms with E-state index in [4.69, 9.17) is 4.74 Å². The quantitative estimate of drug-likeness (QED) is 0.806. The molecule has 0 aromatic heterocycles. The highest BCUT2D eigenvalue weighted by molar-refractivity contribution is 5.35. The molecule has 0 aliphatic carbocycles.